The number of benzene rings is 1. The number of carboxylic acids is 1. The highest BCUT2D eigenvalue weighted by atomic mass is 32.1. The van der Waals surface area contributed by atoms with Gasteiger partial charge < -0.3 is 5.11 Å². The second-order valence-corrected chi connectivity index (χ2v) is 4.85. The van der Waals surface area contributed by atoms with Crippen LogP contribution in [0.3, 0.4) is 0 Å². The van der Waals surface area contributed by atoms with Gasteiger partial charge in [-0.3, -0.25) is 0 Å². The van der Waals surface area contributed by atoms with E-state index in [1.54, 1.807) is 16.3 Å². The Hall–Kier alpha value is -2.40. The smallest absolute Gasteiger partial charge is 0.346 e. The van der Waals surface area contributed by atoms with Crippen LogP contribution in [0.5, 0.6) is 0 Å². The predicted molar refractivity (Wildman–Crippen MR) is 73.8 cm³/mol. The van der Waals surface area contributed by atoms with E-state index in [4.69, 9.17) is 0 Å². The van der Waals surface area contributed by atoms with Gasteiger partial charge in [-0.2, -0.15) is 5.10 Å². The number of aromatic carboxylic acids is 1. The molecule has 0 saturated heterocycles. The summed E-state index contributed by atoms with van der Waals surface area (Å²) in [4.78, 5) is 11.5. The van der Waals surface area contributed by atoms with E-state index in [2.05, 4.69) is 5.10 Å². The van der Waals surface area contributed by atoms with Gasteiger partial charge in [-0.15, -0.1) is 11.3 Å². The van der Waals surface area contributed by atoms with Crippen molar-refractivity contribution in [2.24, 2.45) is 0 Å². The lowest BCUT2D eigenvalue weighted by atomic mass is 10.2. The van der Waals surface area contributed by atoms with Gasteiger partial charge in [-0.05, 0) is 29.6 Å². The zero-order valence-electron chi connectivity index (χ0n) is 9.85. The molecule has 0 radical (unpaired) electrons. The molecule has 5 heteroatoms. The van der Waals surface area contributed by atoms with E-state index in [9.17, 15) is 9.90 Å². The largest absolute Gasteiger partial charge is 0.477 e. The highest BCUT2D eigenvalue weighted by molar-refractivity contribution is 7.12. The number of para-hydroxylation sites is 1. The van der Waals surface area contributed by atoms with Crippen molar-refractivity contribution in [3.8, 4) is 16.9 Å². The van der Waals surface area contributed by atoms with Gasteiger partial charge in [0.05, 0.1) is 17.6 Å². The minimum absolute atomic E-state index is 0.331. The highest BCUT2D eigenvalue weighted by Crippen LogP contribution is 2.29. The number of hydrogen-bond acceptors (Lipinski definition) is 3. The van der Waals surface area contributed by atoms with Crippen molar-refractivity contribution in [3.05, 3.63) is 58.9 Å². The predicted octanol–water partition coefficient (Wildman–Crippen LogP) is 3.30. The number of rotatable bonds is 3. The first-order valence-corrected chi connectivity index (χ1v) is 6.56. The summed E-state index contributed by atoms with van der Waals surface area (Å²) in [6.45, 7) is 0. The standard InChI is InChI=1S/C14H10N2O2S/c17-14(18)13-11(7-9-19-13)12-6-8-15-16(12)10-4-2-1-3-5-10/h1-9H,(H,17,18). The first-order chi connectivity index (χ1) is 9.27. The van der Waals surface area contributed by atoms with Crippen LogP contribution in [0.2, 0.25) is 0 Å². The molecule has 1 aromatic carbocycles. The van der Waals surface area contributed by atoms with Crippen LogP contribution in [0.4, 0.5) is 0 Å². The Morgan fingerprint density at radius 3 is 2.68 bits per heavy atom. The molecule has 0 amide bonds. The molecular formula is C14H10N2O2S. The lowest BCUT2D eigenvalue weighted by Crippen LogP contribution is -2.01. The average molecular weight is 270 g/mol. The molecule has 94 valence electrons. The minimum Gasteiger partial charge on any atom is -0.477 e. The van der Waals surface area contributed by atoms with Crippen molar-refractivity contribution < 1.29 is 9.90 Å². The lowest BCUT2D eigenvalue weighted by Gasteiger charge is -2.06. The molecule has 0 aliphatic carbocycles. The second kappa shape index (κ2) is 4.70. The third-order valence-corrected chi connectivity index (χ3v) is 3.68. The molecule has 4 nitrogen and oxygen atoms in total. The molecule has 0 bridgehead atoms. The van der Waals surface area contributed by atoms with E-state index in [1.165, 1.54) is 11.3 Å². The average Bonchev–Trinajstić information content (AvgIpc) is 3.08. The molecular weight excluding hydrogens is 260 g/mol. The van der Waals surface area contributed by atoms with Crippen LogP contribution in [-0.4, -0.2) is 20.9 Å². The molecule has 0 aliphatic heterocycles. The van der Waals surface area contributed by atoms with E-state index in [0.717, 1.165) is 11.4 Å². The zero-order chi connectivity index (χ0) is 13.2. The molecule has 1 N–H and O–H groups in total. The summed E-state index contributed by atoms with van der Waals surface area (Å²) in [5.74, 6) is -0.911. The Labute approximate surface area is 113 Å². The number of thiophene rings is 1. The van der Waals surface area contributed by atoms with Crippen LogP contribution >= 0.6 is 11.3 Å². The van der Waals surface area contributed by atoms with Crippen LogP contribution in [-0.2, 0) is 0 Å². The van der Waals surface area contributed by atoms with Crippen molar-refractivity contribution in [2.75, 3.05) is 0 Å². The summed E-state index contributed by atoms with van der Waals surface area (Å²) in [5.41, 5.74) is 2.38. The molecule has 19 heavy (non-hydrogen) atoms. The molecule has 0 aliphatic rings. The maximum Gasteiger partial charge on any atom is 0.346 e. The fourth-order valence-corrected chi connectivity index (χ4v) is 2.70. The van der Waals surface area contributed by atoms with E-state index >= 15 is 0 Å². The van der Waals surface area contributed by atoms with Crippen molar-refractivity contribution in [1.29, 1.82) is 0 Å². The fourth-order valence-electron chi connectivity index (χ4n) is 1.96. The molecule has 2 aromatic heterocycles. The van der Waals surface area contributed by atoms with E-state index in [0.29, 0.717) is 10.4 Å². The van der Waals surface area contributed by atoms with Crippen molar-refractivity contribution >= 4 is 17.3 Å². The third kappa shape index (κ3) is 2.04. The summed E-state index contributed by atoms with van der Waals surface area (Å²) in [6, 6.07) is 13.3. The Balaban J connectivity index is 2.15. The number of nitrogens with zero attached hydrogens (tertiary/aromatic N) is 2. The van der Waals surface area contributed by atoms with Crippen LogP contribution in [0, 0.1) is 0 Å². The number of hydrogen-bond donors (Lipinski definition) is 1. The molecule has 0 atom stereocenters. The van der Waals surface area contributed by atoms with Crippen LogP contribution < -0.4 is 0 Å². The quantitative estimate of drug-likeness (QED) is 0.794. The number of carboxylic acid groups (broad SMARTS) is 1. The van der Waals surface area contributed by atoms with Gasteiger partial charge in [0.2, 0.25) is 0 Å². The van der Waals surface area contributed by atoms with Crippen LogP contribution in [0.15, 0.2) is 54.0 Å². The maximum absolute atomic E-state index is 11.2. The Morgan fingerprint density at radius 1 is 1.16 bits per heavy atom. The summed E-state index contributed by atoms with van der Waals surface area (Å²) in [6.07, 6.45) is 1.67. The van der Waals surface area contributed by atoms with Crippen molar-refractivity contribution in [3.63, 3.8) is 0 Å². The van der Waals surface area contributed by atoms with Gasteiger partial charge in [-0.1, -0.05) is 18.2 Å². The minimum atomic E-state index is -0.911. The molecule has 0 spiro atoms. The molecule has 2 heterocycles. The first kappa shape index (κ1) is 11.7. The zero-order valence-corrected chi connectivity index (χ0v) is 10.7. The fraction of sp³-hybridized carbons (Fsp3) is 0. The number of aromatic nitrogens is 2. The van der Waals surface area contributed by atoms with Gasteiger partial charge in [0, 0.05) is 5.56 Å². The number of carbonyl (C=O) groups is 1. The molecule has 0 fully saturated rings. The van der Waals surface area contributed by atoms with Crippen LogP contribution in [0.25, 0.3) is 16.9 Å². The van der Waals surface area contributed by atoms with Gasteiger partial charge in [0.15, 0.2) is 0 Å². The van der Waals surface area contributed by atoms with Crippen LogP contribution in [0.1, 0.15) is 9.67 Å². The Bertz CT molecular complexity index is 716. The highest BCUT2D eigenvalue weighted by Gasteiger charge is 2.17. The van der Waals surface area contributed by atoms with Crippen molar-refractivity contribution in [1.82, 2.24) is 9.78 Å². The molecule has 0 unspecified atom stereocenters. The monoisotopic (exact) mass is 270 g/mol. The SMILES string of the molecule is O=C(O)c1sccc1-c1ccnn1-c1ccccc1. The maximum atomic E-state index is 11.2. The summed E-state index contributed by atoms with van der Waals surface area (Å²) in [5, 5.41) is 15.2. The Morgan fingerprint density at radius 2 is 1.95 bits per heavy atom. The van der Waals surface area contributed by atoms with E-state index in [-0.39, 0.29) is 0 Å². The van der Waals surface area contributed by atoms with Gasteiger partial charge >= 0.3 is 5.97 Å². The third-order valence-electron chi connectivity index (χ3n) is 2.78. The topological polar surface area (TPSA) is 55.1 Å². The molecule has 0 saturated carbocycles. The second-order valence-electron chi connectivity index (χ2n) is 3.93. The summed E-state index contributed by atoms with van der Waals surface area (Å²) in [7, 11) is 0. The van der Waals surface area contributed by atoms with E-state index < -0.39 is 5.97 Å². The lowest BCUT2D eigenvalue weighted by molar-refractivity contribution is 0.0703. The van der Waals surface area contributed by atoms with Gasteiger partial charge in [-0.25, -0.2) is 9.48 Å². The normalized spacial score (nSPS) is 10.5. The molecule has 3 aromatic rings. The van der Waals surface area contributed by atoms with Crippen molar-refractivity contribution in [2.45, 2.75) is 0 Å². The summed E-state index contributed by atoms with van der Waals surface area (Å²) >= 11 is 1.22. The summed E-state index contributed by atoms with van der Waals surface area (Å²) < 4.78 is 1.74. The van der Waals surface area contributed by atoms with Gasteiger partial charge in [0.1, 0.15) is 4.88 Å². The van der Waals surface area contributed by atoms with E-state index in [1.807, 2.05) is 42.5 Å². The molecule has 3 rings (SSSR count). The Kier molecular flexibility index (Phi) is 2.89. The first-order valence-electron chi connectivity index (χ1n) is 5.68. The van der Waals surface area contributed by atoms with Gasteiger partial charge in [0.25, 0.3) is 0 Å².